The lowest BCUT2D eigenvalue weighted by Crippen LogP contribution is -2.30. The van der Waals surface area contributed by atoms with Gasteiger partial charge in [-0.05, 0) is 36.8 Å². The summed E-state index contributed by atoms with van der Waals surface area (Å²) in [6.45, 7) is 7.97. The lowest BCUT2D eigenvalue weighted by molar-refractivity contribution is -0.115. The summed E-state index contributed by atoms with van der Waals surface area (Å²) in [5.74, 6) is 0.460. The van der Waals surface area contributed by atoms with Crippen molar-refractivity contribution in [3.05, 3.63) is 59.2 Å². The number of carbonyl (C=O) groups excluding carboxylic acids is 1. The number of aromatic nitrogens is 2. The van der Waals surface area contributed by atoms with E-state index in [9.17, 15) is 13.2 Å². The molecule has 0 fully saturated rings. The minimum absolute atomic E-state index is 0.101. The predicted octanol–water partition coefficient (Wildman–Crippen LogP) is 4.85. The molecule has 0 aliphatic rings. The molecule has 3 rings (SSSR count). The van der Waals surface area contributed by atoms with Gasteiger partial charge in [-0.3, -0.25) is 9.69 Å². The van der Waals surface area contributed by atoms with Gasteiger partial charge in [0.15, 0.2) is 5.13 Å². The first-order valence-electron chi connectivity index (χ1n) is 10.2. The zero-order valence-corrected chi connectivity index (χ0v) is 20.9. The van der Waals surface area contributed by atoms with Gasteiger partial charge in [-0.25, -0.2) is 18.4 Å². The number of benzene rings is 1. The van der Waals surface area contributed by atoms with Crippen LogP contribution < -0.4 is 4.90 Å². The second-order valence-electron chi connectivity index (χ2n) is 7.02. The summed E-state index contributed by atoms with van der Waals surface area (Å²) in [6.07, 6.45) is 1.40. The number of pyridine rings is 1. The number of sulfonamides is 1. The molecule has 0 aliphatic heterocycles. The van der Waals surface area contributed by atoms with Gasteiger partial charge < -0.3 is 0 Å². The van der Waals surface area contributed by atoms with E-state index < -0.39 is 10.0 Å². The van der Waals surface area contributed by atoms with E-state index in [0.717, 1.165) is 16.9 Å². The van der Waals surface area contributed by atoms with Crippen LogP contribution in [-0.4, -0.2) is 41.7 Å². The number of thiazole rings is 1. The van der Waals surface area contributed by atoms with Crippen molar-refractivity contribution in [1.29, 1.82) is 0 Å². The van der Waals surface area contributed by atoms with Gasteiger partial charge in [0.25, 0.3) is 0 Å². The topological polar surface area (TPSA) is 83.5 Å². The van der Waals surface area contributed by atoms with Gasteiger partial charge in [0, 0.05) is 37.3 Å². The molecule has 32 heavy (non-hydrogen) atoms. The van der Waals surface area contributed by atoms with Crippen molar-refractivity contribution in [2.75, 3.05) is 18.0 Å². The van der Waals surface area contributed by atoms with Gasteiger partial charge in [-0.2, -0.15) is 4.31 Å². The fourth-order valence-corrected chi connectivity index (χ4v) is 6.26. The molecule has 0 saturated carbocycles. The minimum atomic E-state index is -3.52. The second kappa shape index (κ2) is 10.6. The summed E-state index contributed by atoms with van der Waals surface area (Å²) in [6, 6.07) is 11.0. The van der Waals surface area contributed by atoms with E-state index in [4.69, 9.17) is 0 Å². The standard InChI is InChI=1S/C22H26N4O3S3/c1-5-25(6-2)32(28,29)20-10-11-21(23-13-20)30-14-18-15-31-22(24-18)26(17(4)27)19-9-7-8-16(3)12-19/h7-13,15H,5-6,14H2,1-4H3. The molecule has 0 atom stereocenters. The number of carbonyl (C=O) groups is 1. The van der Waals surface area contributed by atoms with Crippen LogP contribution in [0.4, 0.5) is 10.8 Å². The van der Waals surface area contributed by atoms with Crippen LogP contribution in [0.2, 0.25) is 0 Å². The summed E-state index contributed by atoms with van der Waals surface area (Å²) < 4.78 is 26.6. The van der Waals surface area contributed by atoms with E-state index in [-0.39, 0.29) is 10.8 Å². The molecule has 2 aromatic heterocycles. The highest BCUT2D eigenvalue weighted by molar-refractivity contribution is 7.98. The molecule has 0 spiro atoms. The maximum absolute atomic E-state index is 12.6. The molecule has 0 bridgehead atoms. The van der Waals surface area contributed by atoms with Crippen molar-refractivity contribution >= 4 is 49.8 Å². The van der Waals surface area contributed by atoms with Crippen molar-refractivity contribution < 1.29 is 13.2 Å². The van der Waals surface area contributed by atoms with Gasteiger partial charge in [-0.1, -0.05) is 26.0 Å². The molecule has 1 aromatic carbocycles. The average Bonchev–Trinajstić information content (AvgIpc) is 3.21. The third-order valence-corrected chi connectivity index (χ3v) is 8.61. The Labute approximate surface area is 197 Å². The normalized spacial score (nSPS) is 11.7. The first kappa shape index (κ1) is 24.4. The highest BCUT2D eigenvalue weighted by Crippen LogP contribution is 2.31. The molecule has 170 valence electrons. The number of hydrogen-bond donors (Lipinski definition) is 0. The van der Waals surface area contributed by atoms with Gasteiger partial charge in [0.05, 0.1) is 16.4 Å². The van der Waals surface area contributed by atoms with Crippen LogP contribution in [0.15, 0.2) is 57.9 Å². The highest BCUT2D eigenvalue weighted by Gasteiger charge is 2.22. The zero-order chi connectivity index (χ0) is 23.3. The Balaban J connectivity index is 1.70. The van der Waals surface area contributed by atoms with Crippen LogP contribution in [0.1, 0.15) is 32.0 Å². The molecule has 7 nitrogen and oxygen atoms in total. The van der Waals surface area contributed by atoms with Crippen molar-refractivity contribution in [1.82, 2.24) is 14.3 Å². The second-order valence-corrected chi connectivity index (χ2v) is 10.8. The molecular formula is C22H26N4O3S3. The van der Waals surface area contributed by atoms with Crippen LogP contribution in [0.25, 0.3) is 0 Å². The van der Waals surface area contributed by atoms with Gasteiger partial charge in [0.2, 0.25) is 15.9 Å². The lowest BCUT2D eigenvalue weighted by Gasteiger charge is -2.18. The maximum atomic E-state index is 12.6. The highest BCUT2D eigenvalue weighted by atomic mass is 32.2. The number of hydrogen-bond acceptors (Lipinski definition) is 7. The number of rotatable bonds is 9. The fraction of sp³-hybridized carbons (Fsp3) is 0.318. The molecule has 0 unspecified atom stereocenters. The molecule has 0 saturated heterocycles. The number of amides is 1. The zero-order valence-electron chi connectivity index (χ0n) is 18.5. The summed E-state index contributed by atoms with van der Waals surface area (Å²) in [4.78, 5) is 23.0. The minimum Gasteiger partial charge on any atom is -0.274 e. The third-order valence-electron chi connectivity index (χ3n) is 4.73. The average molecular weight is 491 g/mol. The quantitative estimate of drug-likeness (QED) is 0.399. The summed E-state index contributed by atoms with van der Waals surface area (Å²) in [7, 11) is -3.52. The molecule has 2 heterocycles. The molecule has 0 aliphatic carbocycles. The van der Waals surface area contributed by atoms with Crippen LogP contribution in [0.3, 0.4) is 0 Å². The number of thioether (sulfide) groups is 1. The van der Waals surface area contributed by atoms with E-state index >= 15 is 0 Å². The molecule has 0 radical (unpaired) electrons. The van der Waals surface area contributed by atoms with Crippen LogP contribution in [-0.2, 0) is 20.6 Å². The predicted molar refractivity (Wildman–Crippen MR) is 130 cm³/mol. The van der Waals surface area contributed by atoms with Crippen molar-refractivity contribution in [3.8, 4) is 0 Å². The van der Waals surface area contributed by atoms with Crippen LogP contribution in [0, 0.1) is 6.92 Å². The van der Waals surface area contributed by atoms with Crippen molar-refractivity contribution in [2.24, 2.45) is 0 Å². The lowest BCUT2D eigenvalue weighted by atomic mass is 10.2. The Morgan fingerprint density at radius 1 is 1.16 bits per heavy atom. The Kier molecular flexibility index (Phi) is 8.05. The largest absolute Gasteiger partial charge is 0.274 e. The Morgan fingerprint density at radius 3 is 2.50 bits per heavy atom. The van der Waals surface area contributed by atoms with E-state index in [2.05, 4.69) is 9.97 Å². The van der Waals surface area contributed by atoms with Gasteiger partial charge in [-0.15, -0.1) is 23.1 Å². The molecule has 3 aromatic rings. The maximum Gasteiger partial charge on any atom is 0.244 e. The number of anilines is 2. The summed E-state index contributed by atoms with van der Waals surface area (Å²) >= 11 is 2.88. The number of aryl methyl sites for hydroxylation is 1. The fourth-order valence-electron chi connectivity index (χ4n) is 3.12. The van der Waals surface area contributed by atoms with Crippen LogP contribution in [0.5, 0.6) is 0 Å². The Morgan fingerprint density at radius 2 is 1.91 bits per heavy atom. The van der Waals surface area contributed by atoms with Crippen LogP contribution >= 0.6 is 23.1 Å². The Bertz CT molecular complexity index is 1170. The Hall–Kier alpha value is -2.27. The molecule has 1 amide bonds. The first-order valence-corrected chi connectivity index (χ1v) is 13.5. The van der Waals surface area contributed by atoms with Gasteiger partial charge >= 0.3 is 0 Å². The third kappa shape index (κ3) is 5.55. The van der Waals surface area contributed by atoms with Gasteiger partial charge in [0.1, 0.15) is 4.90 Å². The molecule has 0 N–H and O–H groups in total. The van der Waals surface area contributed by atoms with E-state index in [1.165, 1.54) is 40.5 Å². The summed E-state index contributed by atoms with van der Waals surface area (Å²) in [5.41, 5.74) is 2.69. The first-order chi connectivity index (χ1) is 15.3. The summed E-state index contributed by atoms with van der Waals surface area (Å²) in [5, 5.41) is 3.25. The van der Waals surface area contributed by atoms with E-state index in [0.29, 0.717) is 29.0 Å². The molecular weight excluding hydrogens is 464 g/mol. The monoisotopic (exact) mass is 490 g/mol. The van der Waals surface area contributed by atoms with Crippen molar-refractivity contribution in [3.63, 3.8) is 0 Å². The SMILES string of the molecule is CCN(CC)S(=O)(=O)c1ccc(SCc2csc(N(C(C)=O)c3cccc(C)c3)n2)nc1. The van der Waals surface area contributed by atoms with E-state index in [1.807, 2.05) is 50.4 Å². The smallest absolute Gasteiger partial charge is 0.244 e. The van der Waals surface area contributed by atoms with E-state index in [1.54, 1.807) is 17.0 Å². The molecule has 10 heteroatoms. The van der Waals surface area contributed by atoms with Crippen molar-refractivity contribution in [2.45, 2.75) is 43.4 Å². The number of nitrogens with zero attached hydrogens (tertiary/aromatic N) is 4.